The smallest absolute Gasteiger partial charge is 0.394 e. The third-order valence-electron chi connectivity index (χ3n) is 0.714. The van der Waals surface area contributed by atoms with Crippen molar-refractivity contribution in [1.82, 2.24) is 14.8 Å². The van der Waals surface area contributed by atoms with Crippen LogP contribution in [0.3, 0.4) is 0 Å². The molecule has 58 valence electrons. The first-order valence-electron chi connectivity index (χ1n) is 2.39. The Balaban J connectivity index is 2.57. The predicted octanol–water partition coefficient (Wildman–Crippen LogP) is -1.04. The Morgan fingerprint density at radius 2 is 2.27 bits per heavy atom. The zero-order valence-electron chi connectivity index (χ0n) is 5.01. The minimum absolute atomic E-state index is 0.0670. The third-order valence-corrected chi connectivity index (χ3v) is 1.23. The quantitative estimate of drug-likeness (QED) is 0.526. The number of hydrogen-bond donors (Lipinski definition) is 2. The first-order chi connectivity index (χ1) is 5.20. The Labute approximate surface area is 64.2 Å². The van der Waals surface area contributed by atoms with E-state index in [-0.39, 0.29) is 5.13 Å². The van der Waals surface area contributed by atoms with Gasteiger partial charge in [0.25, 0.3) is 0 Å². The van der Waals surface area contributed by atoms with Gasteiger partial charge in [-0.25, -0.2) is 4.79 Å². The highest BCUT2D eigenvalue weighted by Gasteiger charge is 2.12. The van der Waals surface area contributed by atoms with Crippen molar-refractivity contribution in [3.05, 3.63) is 0 Å². The molecule has 11 heavy (non-hydrogen) atoms. The van der Waals surface area contributed by atoms with E-state index in [1.165, 1.54) is 0 Å². The molecule has 1 heterocycles. The molecule has 1 aromatic heterocycles. The van der Waals surface area contributed by atoms with E-state index in [1.807, 2.05) is 5.32 Å². The number of carboxylic acid groups (broad SMARTS) is 1. The van der Waals surface area contributed by atoms with Gasteiger partial charge in [0, 0.05) is 11.5 Å². The van der Waals surface area contributed by atoms with E-state index in [0.29, 0.717) is 0 Å². The van der Waals surface area contributed by atoms with Crippen molar-refractivity contribution in [1.29, 1.82) is 0 Å². The summed E-state index contributed by atoms with van der Waals surface area (Å²) in [5.41, 5.74) is 0. The maximum Gasteiger partial charge on any atom is 0.394 e. The average Bonchev–Trinajstić information content (AvgIpc) is 2.39. The largest absolute Gasteiger partial charge is 0.474 e. The molecule has 0 bridgehead atoms. The number of aliphatic carboxylic acids is 1. The molecule has 0 aliphatic carbocycles. The van der Waals surface area contributed by atoms with Crippen LogP contribution >= 0.6 is 11.5 Å². The van der Waals surface area contributed by atoms with Crippen LogP contribution in [0.5, 0.6) is 0 Å². The zero-order valence-corrected chi connectivity index (χ0v) is 5.83. The standard InChI is InChI=1S/C3H2N4O3S/c8-1(2(9)10)4-3-5-6-7-11-3/h(H,9,10)(H,4,5,7,8). The van der Waals surface area contributed by atoms with Gasteiger partial charge in [-0.05, 0) is 5.21 Å². The summed E-state index contributed by atoms with van der Waals surface area (Å²) in [5.74, 6) is -2.72. The van der Waals surface area contributed by atoms with E-state index in [2.05, 4.69) is 14.8 Å². The molecule has 1 aromatic rings. The molecule has 0 fully saturated rings. The average molecular weight is 174 g/mol. The molecular formula is C3H2N4O3S. The van der Waals surface area contributed by atoms with Gasteiger partial charge in [0.05, 0.1) is 0 Å². The second-order valence-corrected chi connectivity index (χ2v) is 2.16. The number of anilines is 1. The van der Waals surface area contributed by atoms with Gasteiger partial charge >= 0.3 is 11.9 Å². The SMILES string of the molecule is O=C(O)C(=O)Nc1nnns1. The summed E-state index contributed by atoms with van der Waals surface area (Å²) in [6, 6.07) is 0. The fourth-order valence-corrected chi connectivity index (χ4v) is 0.694. The highest BCUT2D eigenvalue weighted by Crippen LogP contribution is 2.03. The van der Waals surface area contributed by atoms with E-state index in [4.69, 9.17) is 5.11 Å². The zero-order chi connectivity index (χ0) is 8.27. The number of carbonyl (C=O) groups is 2. The summed E-state index contributed by atoms with van der Waals surface area (Å²) in [7, 11) is 0. The summed E-state index contributed by atoms with van der Waals surface area (Å²) < 4.78 is 3.31. The monoisotopic (exact) mass is 174 g/mol. The van der Waals surface area contributed by atoms with Gasteiger partial charge in [-0.2, -0.15) is 0 Å². The third kappa shape index (κ3) is 1.93. The first-order valence-corrected chi connectivity index (χ1v) is 3.17. The fourth-order valence-electron chi connectivity index (χ4n) is 0.332. The number of carbonyl (C=O) groups excluding carboxylic acids is 1. The molecule has 1 rings (SSSR count). The Hall–Kier alpha value is -1.57. The summed E-state index contributed by atoms with van der Waals surface area (Å²) >= 11 is 0.801. The lowest BCUT2D eigenvalue weighted by molar-refractivity contribution is -0.147. The first kappa shape index (κ1) is 7.54. The number of carboxylic acids is 1. The second kappa shape index (κ2) is 3.01. The lowest BCUT2D eigenvalue weighted by atomic mass is 10.6. The van der Waals surface area contributed by atoms with Crippen molar-refractivity contribution >= 4 is 28.5 Å². The van der Waals surface area contributed by atoms with Crippen LogP contribution in [-0.4, -0.2) is 31.8 Å². The van der Waals surface area contributed by atoms with E-state index in [9.17, 15) is 9.59 Å². The topological polar surface area (TPSA) is 105 Å². The van der Waals surface area contributed by atoms with Crippen molar-refractivity contribution in [2.24, 2.45) is 0 Å². The van der Waals surface area contributed by atoms with E-state index in [0.717, 1.165) is 11.5 Å². The van der Waals surface area contributed by atoms with Crippen LogP contribution in [0.15, 0.2) is 0 Å². The molecule has 0 aliphatic rings. The van der Waals surface area contributed by atoms with Crippen molar-refractivity contribution in [2.75, 3.05) is 5.32 Å². The van der Waals surface area contributed by atoms with Gasteiger partial charge in [-0.15, -0.1) is 0 Å². The van der Waals surface area contributed by atoms with Crippen LogP contribution in [0.2, 0.25) is 0 Å². The highest BCUT2D eigenvalue weighted by atomic mass is 32.1. The molecular weight excluding hydrogens is 172 g/mol. The van der Waals surface area contributed by atoms with Crippen molar-refractivity contribution < 1.29 is 14.7 Å². The number of nitrogens with one attached hydrogen (secondary N) is 1. The highest BCUT2D eigenvalue weighted by molar-refractivity contribution is 7.09. The lowest BCUT2D eigenvalue weighted by Gasteiger charge is -1.90. The van der Waals surface area contributed by atoms with Crippen molar-refractivity contribution in [3.8, 4) is 0 Å². The molecule has 0 aliphatic heterocycles. The Morgan fingerprint density at radius 1 is 1.55 bits per heavy atom. The van der Waals surface area contributed by atoms with Gasteiger partial charge in [-0.1, -0.05) is 9.59 Å². The Bertz CT molecular complexity index is 270. The molecule has 0 atom stereocenters. The van der Waals surface area contributed by atoms with Crippen LogP contribution in [0.1, 0.15) is 0 Å². The summed E-state index contributed by atoms with van der Waals surface area (Å²) in [4.78, 5) is 20.4. The predicted molar refractivity (Wildman–Crippen MR) is 34.0 cm³/mol. The van der Waals surface area contributed by atoms with E-state index >= 15 is 0 Å². The molecule has 0 radical (unpaired) electrons. The lowest BCUT2D eigenvalue weighted by Crippen LogP contribution is -2.21. The van der Waals surface area contributed by atoms with Gasteiger partial charge < -0.3 is 5.11 Å². The Kier molecular flexibility index (Phi) is 2.06. The number of aromatic nitrogens is 3. The molecule has 1 amide bonds. The van der Waals surface area contributed by atoms with Crippen molar-refractivity contribution in [2.45, 2.75) is 0 Å². The summed E-state index contributed by atoms with van der Waals surface area (Å²) in [5, 5.41) is 16.6. The molecule has 7 nitrogen and oxygen atoms in total. The number of hydrogen-bond acceptors (Lipinski definition) is 6. The molecule has 0 saturated carbocycles. The van der Waals surface area contributed by atoms with Crippen LogP contribution in [0.25, 0.3) is 0 Å². The maximum absolute atomic E-state index is 10.4. The van der Waals surface area contributed by atoms with Crippen LogP contribution in [0.4, 0.5) is 5.13 Å². The molecule has 0 spiro atoms. The van der Waals surface area contributed by atoms with Gasteiger partial charge in [0.2, 0.25) is 5.13 Å². The summed E-state index contributed by atoms with van der Waals surface area (Å²) in [6.07, 6.45) is 0. The second-order valence-electron chi connectivity index (χ2n) is 1.43. The van der Waals surface area contributed by atoms with Gasteiger partial charge in [0.15, 0.2) is 0 Å². The molecule has 0 saturated heterocycles. The van der Waals surface area contributed by atoms with E-state index < -0.39 is 11.9 Å². The van der Waals surface area contributed by atoms with Gasteiger partial charge in [0.1, 0.15) is 0 Å². The molecule has 0 unspecified atom stereocenters. The molecule has 0 aromatic carbocycles. The Morgan fingerprint density at radius 3 is 2.73 bits per heavy atom. The van der Waals surface area contributed by atoms with Crippen LogP contribution < -0.4 is 5.32 Å². The number of nitrogens with zero attached hydrogens (tertiary/aromatic N) is 3. The minimum atomic E-state index is -1.57. The van der Waals surface area contributed by atoms with Gasteiger partial charge in [-0.3, -0.25) is 10.1 Å². The number of rotatable bonds is 1. The summed E-state index contributed by atoms with van der Waals surface area (Å²) in [6.45, 7) is 0. The van der Waals surface area contributed by atoms with E-state index in [1.54, 1.807) is 0 Å². The maximum atomic E-state index is 10.4. The van der Waals surface area contributed by atoms with Crippen LogP contribution in [-0.2, 0) is 9.59 Å². The number of amides is 1. The minimum Gasteiger partial charge on any atom is -0.474 e. The van der Waals surface area contributed by atoms with Crippen molar-refractivity contribution in [3.63, 3.8) is 0 Å². The molecule has 2 N–H and O–H groups in total. The molecule has 8 heteroatoms. The normalized spacial score (nSPS) is 9.09. The van der Waals surface area contributed by atoms with Crippen LogP contribution in [0, 0.1) is 0 Å². The fraction of sp³-hybridized carbons (Fsp3) is 0.